The first-order chi connectivity index (χ1) is 10.6. The van der Waals surface area contributed by atoms with Crippen LogP contribution in [0.5, 0.6) is 5.75 Å². The monoisotopic (exact) mass is 312 g/mol. The minimum atomic E-state index is -1.13. The lowest BCUT2D eigenvalue weighted by Crippen LogP contribution is -2.37. The summed E-state index contributed by atoms with van der Waals surface area (Å²) in [6.07, 6.45) is -0.350. The predicted octanol–water partition coefficient (Wildman–Crippen LogP) is 1.34. The molecule has 1 aromatic rings. The van der Waals surface area contributed by atoms with Crippen LogP contribution in [0.4, 0.5) is 0 Å². The molecule has 0 bridgehead atoms. The van der Waals surface area contributed by atoms with Gasteiger partial charge >= 0.3 is 0 Å². The number of aliphatic hydroxyl groups is 3. The maximum Gasteiger partial charge on any atom is 0.184 e. The van der Waals surface area contributed by atoms with Crippen LogP contribution >= 0.6 is 0 Å². The van der Waals surface area contributed by atoms with Crippen molar-refractivity contribution in [3.8, 4) is 5.75 Å². The van der Waals surface area contributed by atoms with E-state index in [0.717, 1.165) is 0 Å². The van der Waals surface area contributed by atoms with Crippen molar-refractivity contribution in [3.05, 3.63) is 29.8 Å². The van der Waals surface area contributed by atoms with Gasteiger partial charge in [-0.15, -0.1) is 0 Å². The van der Waals surface area contributed by atoms with Crippen LogP contribution in [-0.2, 0) is 9.47 Å². The van der Waals surface area contributed by atoms with Crippen LogP contribution in [-0.4, -0.2) is 47.5 Å². The molecule has 0 aromatic heterocycles. The van der Waals surface area contributed by atoms with E-state index < -0.39 is 18.7 Å². The largest absolute Gasteiger partial charge is 0.497 e. The second kappa shape index (κ2) is 8.45. The molecule has 2 rings (SSSR count). The average Bonchev–Trinajstić information content (AvgIpc) is 2.52. The van der Waals surface area contributed by atoms with Crippen LogP contribution in [0.3, 0.4) is 0 Å². The fourth-order valence-corrected chi connectivity index (χ4v) is 2.53. The molecule has 22 heavy (non-hydrogen) atoms. The fraction of sp³-hybridized carbons (Fsp3) is 0.625. The summed E-state index contributed by atoms with van der Waals surface area (Å²) in [6.45, 7) is 0.0932. The number of aliphatic hydroxyl groups excluding tert-OH is 3. The molecule has 3 N–H and O–H groups in total. The molecule has 0 aliphatic carbocycles. The second-order valence-electron chi connectivity index (χ2n) is 5.44. The molecule has 124 valence electrons. The summed E-state index contributed by atoms with van der Waals surface area (Å²) >= 11 is 0. The predicted molar refractivity (Wildman–Crippen MR) is 79.3 cm³/mol. The van der Waals surface area contributed by atoms with Crippen molar-refractivity contribution in [2.75, 3.05) is 13.7 Å². The normalized spacial score (nSPS) is 26.6. The van der Waals surface area contributed by atoms with Gasteiger partial charge in [-0.05, 0) is 31.4 Å². The van der Waals surface area contributed by atoms with Crippen LogP contribution in [0.1, 0.15) is 37.5 Å². The van der Waals surface area contributed by atoms with Gasteiger partial charge in [-0.2, -0.15) is 0 Å². The molecule has 4 atom stereocenters. The molecule has 1 aromatic carbocycles. The zero-order valence-corrected chi connectivity index (χ0v) is 12.7. The van der Waals surface area contributed by atoms with Crippen molar-refractivity contribution >= 4 is 0 Å². The minimum Gasteiger partial charge on any atom is -0.497 e. The highest BCUT2D eigenvalue weighted by atomic mass is 16.7. The zero-order chi connectivity index (χ0) is 15.9. The second-order valence-corrected chi connectivity index (χ2v) is 5.44. The molecular formula is C16H24O6. The van der Waals surface area contributed by atoms with E-state index in [-0.39, 0.29) is 12.7 Å². The summed E-state index contributed by atoms with van der Waals surface area (Å²) in [7, 11) is 1.58. The van der Waals surface area contributed by atoms with Crippen LogP contribution in [0.2, 0.25) is 0 Å². The van der Waals surface area contributed by atoms with Gasteiger partial charge in [0.25, 0.3) is 0 Å². The Labute approximate surface area is 130 Å². The third kappa shape index (κ3) is 4.93. The van der Waals surface area contributed by atoms with E-state index in [9.17, 15) is 10.2 Å². The molecule has 0 spiro atoms. The van der Waals surface area contributed by atoms with Crippen LogP contribution in [0.25, 0.3) is 0 Å². The van der Waals surface area contributed by atoms with Gasteiger partial charge in [-0.25, -0.2) is 0 Å². The smallest absolute Gasteiger partial charge is 0.184 e. The fourth-order valence-electron chi connectivity index (χ4n) is 2.53. The minimum absolute atomic E-state index is 0.0932. The van der Waals surface area contributed by atoms with Gasteiger partial charge in [0.2, 0.25) is 0 Å². The number of methoxy groups -OCH3 is 1. The molecule has 1 aliphatic rings. The van der Waals surface area contributed by atoms with Crippen molar-refractivity contribution in [3.63, 3.8) is 0 Å². The van der Waals surface area contributed by atoms with E-state index in [1.807, 2.05) is 0 Å². The molecule has 0 radical (unpaired) electrons. The van der Waals surface area contributed by atoms with Gasteiger partial charge in [0, 0.05) is 18.6 Å². The van der Waals surface area contributed by atoms with Gasteiger partial charge in [0.15, 0.2) is 12.6 Å². The van der Waals surface area contributed by atoms with Crippen molar-refractivity contribution < 1.29 is 29.5 Å². The molecule has 1 unspecified atom stereocenters. The summed E-state index contributed by atoms with van der Waals surface area (Å²) < 4.78 is 16.3. The molecule has 6 nitrogen and oxygen atoms in total. The number of rotatable bonds is 7. The third-order valence-corrected chi connectivity index (χ3v) is 3.71. The Balaban J connectivity index is 1.90. The molecule has 6 heteroatoms. The summed E-state index contributed by atoms with van der Waals surface area (Å²) in [5.74, 6) is 0.698. The Morgan fingerprint density at radius 3 is 2.64 bits per heavy atom. The lowest BCUT2D eigenvalue weighted by molar-refractivity contribution is -0.274. The number of benzene rings is 1. The van der Waals surface area contributed by atoms with E-state index in [1.165, 1.54) is 0 Å². The van der Waals surface area contributed by atoms with E-state index in [4.69, 9.17) is 19.3 Å². The van der Waals surface area contributed by atoms with Gasteiger partial charge in [-0.1, -0.05) is 12.1 Å². The summed E-state index contributed by atoms with van der Waals surface area (Å²) in [4.78, 5) is 0. The van der Waals surface area contributed by atoms with Gasteiger partial charge in [0.1, 0.15) is 5.75 Å². The van der Waals surface area contributed by atoms with Crippen LogP contribution in [0, 0.1) is 0 Å². The highest BCUT2D eigenvalue weighted by Crippen LogP contribution is 2.27. The third-order valence-electron chi connectivity index (χ3n) is 3.71. The highest BCUT2D eigenvalue weighted by Gasteiger charge is 2.30. The lowest BCUT2D eigenvalue weighted by atomic mass is 10.0. The van der Waals surface area contributed by atoms with Crippen molar-refractivity contribution in [1.29, 1.82) is 0 Å². The van der Waals surface area contributed by atoms with E-state index in [0.29, 0.717) is 37.0 Å². The first-order valence-corrected chi connectivity index (χ1v) is 7.54. The quantitative estimate of drug-likeness (QED) is 0.659. The SMILES string of the molecule is COc1ccc(C(O)O[C@@H]2C[C@H](O)C[C@@H](CCCO)O2)cc1. The lowest BCUT2D eigenvalue weighted by Gasteiger charge is -2.34. The number of hydrogen-bond donors (Lipinski definition) is 3. The molecule has 1 fully saturated rings. The van der Waals surface area contributed by atoms with Crippen molar-refractivity contribution in [2.24, 2.45) is 0 Å². The van der Waals surface area contributed by atoms with Gasteiger partial charge < -0.3 is 29.5 Å². The van der Waals surface area contributed by atoms with Crippen LogP contribution < -0.4 is 4.74 Å². The van der Waals surface area contributed by atoms with E-state index >= 15 is 0 Å². The first-order valence-electron chi connectivity index (χ1n) is 7.54. The summed E-state index contributed by atoms with van der Waals surface area (Å²) in [5, 5.41) is 28.9. The average molecular weight is 312 g/mol. The Morgan fingerprint density at radius 1 is 1.27 bits per heavy atom. The molecule has 1 heterocycles. The summed E-state index contributed by atoms with van der Waals surface area (Å²) in [6, 6.07) is 6.91. The Bertz CT molecular complexity index is 435. The number of ether oxygens (including phenoxy) is 3. The molecule has 0 amide bonds. The molecule has 1 saturated heterocycles. The molecular weight excluding hydrogens is 288 g/mol. The Kier molecular flexibility index (Phi) is 6.60. The molecule has 1 aliphatic heterocycles. The highest BCUT2D eigenvalue weighted by molar-refractivity contribution is 5.27. The van der Waals surface area contributed by atoms with Crippen LogP contribution in [0.15, 0.2) is 24.3 Å². The van der Waals surface area contributed by atoms with Crippen molar-refractivity contribution in [1.82, 2.24) is 0 Å². The number of hydrogen-bond acceptors (Lipinski definition) is 6. The van der Waals surface area contributed by atoms with E-state index in [1.54, 1.807) is 31.4 Å². The van der Waals surface area contributed by atoms with Gasteiger partial charge in [0.05, 0.1) is 19.3 Å². The molecule has 0 saturated carbocycles. The van der Waals surface area contributed by atoms with Crippen molar-refractivity contribution in [2.45, 2.75) is 50.5 Å². The maximum absolute atomic E-state index is 10.1. The standard InChI is InChI=1S/C16H24O6/c1-20-13-6-4-11(5-7-13)16(19)22-15-10-12(18)9-14(21-15)3-2-8-17/h4-7,12,14-19H,2-3,8-10H2,1H3/t12-,14-,15-,16?/m1/s1. The maximum atomic E-state index is 10.1. The summed E-state index contributed by atoms with van der Waals surface area (Å²) in [5.41, 5.74) is 0.594. The Hall–Kier alpha value is -1.18. The van der Waals surface area contributed by atoms with Gasteiger partial charge in [-0.3, -0.25) is 0 Å². The Morgan fingerprint density at radius 2 is 2.00 bits per heavy atom. The van der Waals surface area contributed by atoms with E-state index in [2.05, 4.69) is 0 Å². The zero-order valence-electron chi connectivity index (χ0n) is 12.7. The topological polar surface area (TPSA) is 88.4 Å². The first kappa shape index (κ1) is 17.2.